The number of nitrogens with zero attached hydrogens (tertiary/aromatic N) is 2. The predicted octanol–water partition coefficient (Wildman–Crippen LogP) is 2.99. The van der Waals surface area contributed by atoms with Crippen LogP contribution in [0, 0.1) is 3.57 Å². The quantitative estimate of drug-likeness (QED) is 0.794. The number of rotatable bonds is 3. The van der Waals surface area contributed by atoms with Crippen molar-refractivity contribution in [2.75, 3.05) is 0 Å². The summed E-state index contributed by atoms with van der Waals surface area (Å²) >= 11 is 5.67. The zero-order chi connectivity index (χ0) is 12.4. The van der Waals surface area contributed by atoms with Gasteiger partial charge in [0.1, 0.15) is 0 Å². The Balaban J connectivity index is 2.33. The Morgan fingerprint density at radius 2 is 2.29 bits per heavy atom. The predicted molar refractivity (Wildman–Crippen MR) is 77.5 cm³/mol. The Morgan fingerprint density at radius 3 is 3.00 bits per heavy atom. The van der Waals surface area contributed by atoms with Crippen molar-refractivity contribution in [2.24, 2.45) is 5.73 Å². The van der Waals surface area contributed by atoms with E-state index in [0.717, 1.165) is 13.6 Å². The number of hydrogen-bond acceptors (Lipinski definition) is 4. The Bertz CT molecular complexity index is 527. The van der Waals surface area contributed by atoms with Gasteiger partial charge in [-0.2, -0.15) is 4.98 Å². The first-order valence-corrected chi connectivity index (χ1v) is 6.97. The molecule has 2 rings (SSSR count). The highest BCUT2D eigenvalue weighted by Crippen LogP contribution is 2.27. The van der Waals surface area contributed by atoms with Gasteiger partial charge in [-0.1, -0.05) is 21.1 Å². The Hall–Kier alpha value is -0.470. The van der Waals surface area contributed by atoms with E-state index < -0.39 is 0 Å². The van der Waals surface area contributed by atoms with Gasteiger partial charge >= 0.3 is 0 Å². The molecule has 4 nitrogen and oxygen atoms in total. The first-order chi connectivity index (χ1) is 8.06. The molecule has 2 aromatic rings. The van der Waals surface area contributed by atoms with E-state index >= 15 is 0 Å². The summed E-state index contributed by atoms with van der Waals surface area (Å²) in [5.74, 6) is 1.18. The minimum absolute atomic E-state index is 0.0297. The molecule has 0 aliphatic carbocycles. The lowest BCUT2D eigenvalue weighted by molar-refractivity contribution is 0.420. The van der Waals surface area contributed by atoms with Crippen molar-refractivity contribution in [1.82, 2.24) is 10.1 Å². The third-order valence-electron chi connectivity index (χ3n) is 2.13. The number of aromatic nitrogens is 2. The van der Waals surface area contributed by atoms with E-state index in [9.17, 15) is 0 Å². The lowest BCUT2D eigenvalue weighted by Crippen LogP contribution is -2.18. The van der Waals surface area contributed by atoms with Crippen molar-refractivity contribution in [1.29, 1.82) is 0 Å². The van der Waals surface area contributed by atoms with Crippen LogP contribution in [0.15, 0.2) is 27.2 Å². The fourth-order valence-electron chi connectivity index (χ4n) is 1.40. The van der Waals surface area contributed by atoms with Gasteiger partial charge in [0.25, 0.3) is 5.89 Å². The van der Waals surface area contributed by atoms with Gasteiger partial charge in [0.15, 0.2) is 5.82 Å². The molecule has 0 radical (unpaired) electrons. The Labute approximate surface area is 121 Å². The maximum absolute atomic E-state index is 5.70. The summed E-state index contributed by atoms with van der Waals surface area (Å²) in [6.07, 6.45) is 0.619. The SMILES string of the molecule is CC(N)Cc1noc(-c2cc(Br)ccc2I)n1. The third kappa shape index (κ3) is 3.26. The van der Waals surface area contributed by atoms with E-state index in [1.165, 1.54) is 0 Å². The zero-order valence-electron chi connectivity index (χ0n) is 9.15. The fraction of sp³-hybridized carbons (Fsp3) is 0.273. The summed E-state index contributed by atoms with van der Waals surface area (Å²) in [4.78, 5) is 4.34. The molecule has 17 heavy (non-hydrogen) atoms. The van der Waals surface area contributed by atoms with Gasteiger partial charge in [-0.25, -0.2) is 0 Å². The van der Waals surface area contributed by atoms with Gasteiger partial charge in [0.2, 0.25) is 0 Å². The highest BCUT2D eigenvalue weighted by atomic mass is 127. The molecule has 1 unspecified atom stereocenters. The summed E-state index contributed by atoms with van der Waals surface area (Å²) in [5, 5.41) is 3.92. The molecule has 1 atom stereocenters. The summed E-state index contributed by atoms with van der Waals surface area (Å²) in [7, 11) is 0. The minimum atomic E-state index is 0.0297. The molecule has 0 spiro atoms. The molecule has 0 amide bonds. The van der Waals surface area contributed by atoms with Gasteiger partial charge in [-0.3, -0.25) is 0 Å². The van der Waals surface area contributed by atoms with Crippen molar-refractivity contribution < 1.29 is 4.52 Å². The summed E-state index contributed by atoms with van der Waals surface area (Å²) in [6.45, 7) is 1.92. The van der Waals surface area contributed by atoms with E-state index in [2.05, 4.69) is 48.7 Å². The van der Waals surface area contributed by atoms with Gasteiger partial charge in [0, 0.05) is 20.5 Å². The van der Waals surface area contributed by atoms with Crippen LogP contribution in [-0.2, 0) is 6.42 Å². The first kappa shape index (κ1) is 13.0. The van der Waals surface area contributed by atoms with E-state index in [0.29, 0.717) is 18.1 Å². The van der Waals surface area contributed by atoms with Crippen LogP contribution >= 0.6 is 38.5 Å². The van der Waals surface area contributed by atoms with Crippen LogP contribution < -0.4 is 5.73 Å². The monoisotopic (exact) mass is 407 g/mol. The summed E-state index contributed by atoms with van der Waals surface area (Å²) < 4.78 is 7.30. The van der Waals surface area contributed by atoms with Crippen molar-refractivity contribution in [3.63, 3.8) is 0 Å². The van der Waals surface area contributed by atoms with Crippen molar-refractivity contribution in [3.8, 4) is 11.5 Å². The molecular weight excluding hydrogens is 397 g/mol. The van der Waals surface area contributed by atoms with E-state index in [1.807, 2.05) is 25.1 Å². The van der Waals surface area contributed by atoms with Crippen LogP contribution in [-0.4, -0.2) is 16.2 Å². The lowest BCUT2D eigenvalue weighted by atomic mass is 10.2. The summed E-state index contributed by atoms with van der Waals surface area (Å²) in [5.41, 5.74) is 6.63. The molecule has 0 saturated carbocycles. The number of benzene rings is 1. The molecule has 0 fully saturated rings. The molecule has 1 aromatic heterocycles. The average Bonchev–Trinajstić information content (AvgIpc) is 2.69. The van der Waals surface area contributed by atoms with Crippen LogP contribution in [0.1, 0.15) is 12.7 Å². The van der Waals surface area contributed by atoms with Crippen molar-refractivity contribution in [3.05, 3.63) is 32.1 Å². The van der Waals surface area contributed by atoms with Gasteiger partial charge in [-0.15, -0.1) is 0 Å². The molecular formula is C11H11BrIN3O. The summed E-state index contributed by atoms with van der Waals surface area (Å²) in [6, 6.07) is 5.97. The highest BCUT2D eigenvalue weighted by molar-refractivity contribution is 14.1. The van der Waals surface area contributed by atoms with Gasteiger partial charge < -0.3 is 10.3 Å². The average molecular weight is 408 g/mol. The van der Waals surface area contributed by atoms with E-state index in [4.69, 9.17) is 10.3 Å². The number of hydrogen-bond donors (Lipinski definition) is 1. The molecule has 0 saturated heterocycles. The number of halogens is 2. The minimum Gasteiger partial charge on any atom is -0.334 e. The van der Waals surface area contributed by atoms with Gasteiger partial charge in [0.05, 0.1) is 5.56 Å². The molecule has 1 heterocycles. The standard InChI is InChI=1S/C11H11BrIN3O/c1-6(14)4-10-15-11(17-16-10)8-5-7(12)2-3-9(8)13/h2-3,5-6H,4,14H2,1H3. The normalized spacial score (nSPS) is 12.7. The topological polar surface area (TPSA) is 64.9 Å². The van der Waals surface area contributed by atoms with Gasteiger partial charge in [-0.05, 0) is 47.7 Å². The van der Waals surface area contributed by atoms with E-state index in [1.54, 1.807) is 0 Å². The second kappa shape index (κ2) is 5.45. The Morgan fingerprint density at radius 1 is 1.53 bits per heavy atom. The molecule has 1 aromatic carbocycles. The van der Waals surface area contributed by atoms with E-state index in [-0.39, 0.29) is 6.04 Å². The maximum atomic E-state index is 5.70. The highest BCUT2D eigenvalue weighted by Gasteiger charge is 2.13. The Kier molecular flexibility index (Phi) is 4.16. The largest absolute Gasteiger partial charge is 0.334 e. The molecule has 0 bridgehead atoms. The van der Waals surface area contributed by atoms with Crippen LogP contribution in [0.2, 0.25) is 0 Å². The maximum Gasteiger partial charge on any atom is 0.259 e. The first-order valence-electron chi connectivity index (χ1n) is 5.10. The third-order valence-corrected chi connectivity index (χ3v) is 3.57. The smallest absolute Gasteiger partial charge is 0.259 e. The lowest BCUT2D eigenvalue weighted by Gasteiger charge is -1.99. The fourth-order valence-corrected chi connectivity index (χ4v) is 2.32. The van der Waals surface area contributed by atoms with Crippen LogP contribution in [0.5, 0.6) is 0 Å². The second-order valence-corrected chi connectivity index (χ2v) is 5.90. The van der Waals surface area contributed by atoms with Crippen LogP contribution in [0.25, 0.3) is 11.5 Å². The number of nitrogens with two attached hydrogens (primary N) is 1. The van der Waals surface area contributed by atoms with Crippen LogP contribution in [0.4, 0.5) is 0 Å². The zero-order valence-corrected chi connectivity index (χ0v) is 12.9. The molecule has 90 valence electrons. The van der Waals surface area contributed by atoms with Crippen molar-refractivity contribution >= 4 is 38.5 Å². The molecule has 2 N–H and O–H groups in total. The van der Waals surface area contributed by atoms with Crippen molar-refractivity contribution in [2.45, 2.75) is 19.4 Å². The second-order valence-electron chi connectivity index (χ2n) is 3.82. The van der Waals surface area contributed by atoms with Crippen LogP contribution in [0.3, 0.4) is 0 Å². The molecule has 0 aliphatic heterocycles. The molecule has 6 heteroatoms. The molecule has 0 aliphatic rings.